The lowest BCUT2D eigenvalue weighted by Gasteiger charge is -2.34. The van der Waals surface area contributed by atoms with Gasteiger partial charge >= 0.3 is 0 Å². The first-order valence-corrected chi connectivity index (χ1v) is 6.25. The average Bonchev–Trinajstić information content (AvgIpc) is 2.87. The molecule has 0 N–H and O–H groups in total. The normalized spacial score (nSPS) is 15.2. The molecular formula is C16H20. The number of hydrogen-bond acceptors (Lipinski definition) is 0. The molecule has 0 radical (unpaired) electrons. The maximum absolute atomic E-state index is 2.31. The number of allylic oxidation sites excluding steroid dienone is 4. The molecule has 0 aromatic heterocycles. The van der Waals surface area contributed by atoms with Crippen LogP contribution in [-0.2, 0) is 5.41 Å². The van der Waals surface area contributed by atoms with Gasteiger partial charge in [-0.15, -0.1) is 0 Å². The van der Waals surface area contributed by atoms with E-state index in [1.807, 2.05) is 0 Å². The summed E-state index contributed by atoms with van der Waals surface area (Å²) in [6, 6.07) is 10.9. The van der Waals surface area contributed by atoms with Crippen molar-refractivity contribution >= 4 is 0 Å². The summed E-state index contributed by atoms with van der Waals surface area (Å²) in [7, 11) is 0. The number of hydrogen-bond donors (Lipinski definition) is 0. The lowest BCUT2D eigenvalue weighted by molar-refractivity contribution is 0.461. The molecule has 0 atom stereocenters. The van der Waals surface area contributed by atoms with Crippen molar-refractivity contribution in [3.63, 3.8) is 0 Å². The molecule has 2 rings (SSSR count). The molecule has 0 spiro atoms. The van der Waals surface area contributed by atoms with Gasteiger partial charge in [0.15, 0.2) is 0 Å². The molecule has 84 valence electrons. The summed E-state index contributed by atoms with van der Waals surface area (Å²) in [5.74, 6) is 0. The molecule has 1 aromatic rings. The van der Waals surface area contributed by atoms with Crippen molar-refractivity contribution in [1.82, 2.24) is 0 Å². The standard InChI is InChI=1S/C16H20/c1-3-16(4-2,15-12-8-9-13-15)14-10-6-5-7-11-14/h5-12H,3-4,13H2,1-2H3. The molecule has 0 unspecified atom stereocenters. The van der Waals surface area contributed by atoms with Crippen molar-refractivity contribution < 1.29 is 0 Å². The summed E-state index contributed by atoms with van der Waals surface area (Å²) in [5.41, 5.74) is 3.30. The first-order valence-electron chi connectivity index (χ1n) is 6.25. The lowest BCUT2D eigenvalue weighted by atomic mass is 9.70. The molecule has 0 aliphatic heterocycles. The zero-order valence-electron chi connectivity index (χ0n) is 10.2. The molecule has 0 fully saturated rings. The fraction of sp³-hybridized carbons (Fsp3) is 0.375. The van der Waals surface area contributed by atoms with E-state index in [9.17, 15) is 0 Å². The highest BCUT2D eigenvalue weighted by Gasteiger charge is 2.32. The van der Waals surface area contributed by atoms with E-state index < -0.39 is 0 Å². The van der Waals surface area contributed by atoms with Crippen LogP contribution in [0.5, 0.6) is 0 Å². The van der Waals surface area contributed by atoms with E-state index >= 15 is 0 Å². The third-order valence-corrected chi connectivity index (χ3v) is 3.92. The first-order chi connectivity index (χ1) is 7.83. The molecule has 0 heteroatoms. The summed E-state index contributed by atoms with van der Waals surface area (Å²) < 4.78 is 0. The van der Waals surface area contributed by atoms with Crippen LogP contribution in [0.2, 0.25) is 0 Å². The quantitative estimate of drug-likeness (QED) is 0.682. The Kier molecular flexibility index (Phi) is 3.28. The van der Waals surface area contributed by atoms with Crippen molar-refractivity contribution in [2.45, 2.75) is 38.5 Å². The van der Waals surface area contributed by atoms with E-state index in [0.29, 0.717) is 0 Å². The zero-order valence-corrected chi connectivity index (χ0v) is 10.2. The smallest absolute Gasteiger partial charge is 0.0162 e. The Labute approximate surface area is 98.7 Å². The molecule has 1 aliphatic rings. The Morgan fingerprint density at radius 1 is 1.06 bits per heavy atom. The minimum Gasteiger partial charge on any atom is -0.0804 e. The summed E-state index contributed by atoms with van der Waals surface area (Å²) in [6.07, 6.45) is 10.2. The van der Waals surface area contributed by atoms with E-state index in [1.165, 1.54) is 18.4 Å². The van der Waals surface area contributed by atoms with Gasteiger partial charge in [0, 0.05) is 5.41 Å². The SMILES string of the molecule is CCC(CC)(C1=CC=CC1)c1ccccc1. The Hall–Kier alpha value is -1.30. The second-order valence-electron chi connectivity index (χ2n) is 4.48. The van der Waals surface area contributed by atoms with E-state index in [4.69, 9.17) is 0 Å². The van der Waals surface area contributed by atoms with Gasteiger partial charge in [-0.1, -0.05) is 68.0 Å². The summed E-state index contributed by atoms with van der Waals surface area (Å²) >= 11 is 0. The van der Waals surface area contributed by atoms with Crippen LogP contribution < -0.4 is 0 Å². The Bertz CT molecular complexity index is 391. The average molecular weight is 212 g/mol. The zero-order chi connectivity index (χ0) is 11.4. The fourth-order valence-electron chi connectivity index (χ4n) is 2.86. The minimum absolute atomic E-state index is 0.255. The first kappa shape index (κ1) is 11.2. The van der Waals surface area contributed by atoms with Gasteiger partial charge in [-0.2, -0.15) is 0 Å². The fourth-order valence-corrected chi connectivity index (χ4v) is 2.86. The van der Waals surface area contributed by atoms with Crippen LogP contribution in [0, 0.1) is 0 Å². The number of rotatable bonds is 4. The van der Waals surface area contributed by atoms with Crippen LogP contribution in [0.4, 0.5) is 0 Å². The molecule has 0 saturated carbocycles. The van der Waals surface area contributed by atoms with Gasteiger partial charge in [0.2, 0.25) is 0 Å². The van der Waals surface area contributed by atoms with Crippen LogP contribution >= 0.6 is 0 Å². The highest BCUT2D eigenvalue weighted by Crippen LogP contribution is 2.41. The van der Waals surface area contributed by atoms with Gasteiger partial charge in [-0.3, -0.25) is 0 Å². The Morgan fingerprint density at radius 3 is 2.25 bits per heavy atom. The molecule has 0 nitrogen and oxygen atoms in total. The van der Waals surface area contributed by atoms with Crippen molar-refractivity contribution in [3.05, 3.63) is 59.7 Å². The summed E-state index contributed by atoms with van der Waals surface area (Å²) in [5, 5.41) is 0. The van der Waals surface area contributed by atoms with E-state index in [2.05, 4.69) is 62.4 Å². The van der Waals surface area contributed by atoms with E-state index in [-0.39, 0.29) is 5.41 Å². The second kappa shape index (κ2) is 4.69. The molecule has 0 bridgehead atoms. The molecule has 0 saturated heterocycles. The maximum atomic E-state index is 2.31. The highest BCUT2D eigenvalue weighted by molar-refractivity contribution is 5.41. The van der Waals surface area contributed by atoms with Crippen LogP contribution in [-0.4, -0.2) is 0 Å². The summed E-state index contributed by atoms with van der Waals surface area (Å²) in [4.78, 5) is 0. The van der Waals surface area contributed by atoms with Gasteiger partial charge in [-0.25, -0.2) is 0 Å². The van der Waals surface area contributed by atoms with Crippen LogP contribution in [0.3, 0.4) is 0 Å². The Morgan fingerprint density at radius 2 is 1.75 bits per heavy atom. The number of benzene rings is 1. The van der Waals surface area contributed by atoms with Gasteiger partial charge in [-0.05, 0) is 24.8 Å². The highest BCUT2D eigenvalue weighted by atomic mass is 14.4. The van der Waals surface area contributed by atoms with Crippen LogP contribution in [0.15, 0.2) is 54.1 Å². The monoisotopic (exact) mass is 212 g/mol. The van der Waals surface area contributed by atoms with Crippen LogP contribution in [0.25, 0.3) is 0 Å². The predicted molar refractivity (Wildman–Crippen MR) is 70.5 cm³/mol. The van der Waals surface area contributed by atoms with Gasteiger partial charge < -0.3 is 0 Å². The maximum Gasteiger partial charge on any atom is 0.0162 e. The minimum atomic E-state index is 0.255. The van der Waals surface area contributed by atoms with Gasteiger partial charge in [0.25, 0.3) is 0 Å². The molecule has 16 heavy (non-hydrogen) atoms. The van der Waals surface area contributed by atoms with Crippen LogP contribution in [0.1, 0.15) is 38.7 Å². The molecule has 1 aliphatic carbocycles. The Balaban J connectivity index is 2.43. The van der Waals surface area contributed by atoms with Crippen molar-refractivity contribution in [1.29, 1.82) is 0 Å². The topological polar surface area (TPSA) is 0 Å². The van der Waals surface area contributed by atoms with Gasteiger partial charge in [0.1, 0.15) is 0 Å². The van der Waals surface area contributed by atoms with Crippen molar-refractivity contribution in [2.75, 3.05) is 0 Å². The van der Waals surface area contributed by atoms with E-state index in [1.54, 1.807) is 5.57 Å². The lowest BCUT2D eigenvalue weighted by Crippen LogP contribution is -2.26. The van der Waals surface area contributed by atoms with Crippen molar-refractivity contribution in [2.24, 2.45) is 0 Å². The molecular weight excluding hydrogens is 192 g/mol. The third kappa shape index (κ3) is 1.73. The van der Waals surface area contributed by atoms with E-state index in [0.717, 1.165) is 6.42 Å². The third-order valence-electron chi connectivity index (χ3n) is 3.92. The predicted octanol–water partition coefficient (Wildman–Crippen LogP) is 4.63. The summed E-state index contributed by atoms with van der Waals surface area (Å²) in [6.45, 7) is 4.60. The largest absolute Gasteiger partial charge is 0.0804 e. The molecule has 0 heterocycles. The van der Waals surface area contributed by atoms with Crippen molar-refractivity contribution in [3.8, 4) is 0 Å². The molecule has 0 amide bonds. The van der Waals surface area contributed by atoms with Gasteiger partial charge in [0.05, 0.1) is 0 Å². The second-order valence-corrected chi connectivity index (χ2v) is 4.48. The molecule has 1 aromatic carbocycles.